The largest absolute Gasteiger partial charge is 0.416 e. The van der Waals surface area contributed by atoms with E-state index in [1.807, 2.05) is 28.8 Å². The van der Waals surface area contributed by atoms with Gasteiger partial charge in [-0.1, -0.05) is 78.9 Å². The van der Waals surface area contributed by atoms with Crippen LogP contribution in [0.4, 0.5) is 32.0 Å². The number of anilines is 1. The average Bonchev–Trinajstić information content (AvgIpc) is 3.66. The summed E-state index contributed by atoms with van der Waals surface area (Å²) in [5, 5.41) is 5.01. The van der Waals surface area contributed by atoms with Crippen molar-refractivity contribution in [2.24, 2.45) is 0 Å². The molecule has 52 heavy (non-hydrogen) atoms. The molecule has 0 fully saturated rings. The Morgan fingerprint density at radius 2 is 1.35 bits per heavy atom. The van der Waals surface area contributed by atoms with Gasteiger partial charge in [0.1, 0.15) is 12.0 Å². The lowest BCUT2D eigenvalue weighted by atomic mass is 9.73. The van der Waals surface area contributed by atoms with Gasteiger partial charge >= 0.3 is 12.4 Å². The Hall–Kier alpha value is -5.91. The van der Waals surface area contributed by atoms with Gasteiger partial charge < -0.3 is 15.2 Å². The number of nitrogens with one attached hydrogen (secondary N) is 2. The third-order valence-corrected chi connectivity index (χ3v) is 9.43. The van der Waals surface area contributed by atoms with E-state index in [9.17, 15) is 35.9 Å². The summed E-state index contributed by atoms with van der Waals surface area (Å²) in [6.45, 7) is -1.04. The number of aryl methyl sites for hydroxylation is 1. The van der Waals surface area contributed by atoms with Gasteiger partial charge in [-0.25, -0.2) is 4.98 Å². The maximum absolute atomic E-state index is 13.8. The molecule has 1 aromatic heterocycles. The highest BCUT2D eigenvalue weighted by Crippen LogP contribution is 2.51. The first kappa shape index (κ1) is 34.5. The minimum atomic E-state index is -4.57. The normalized spacial score (nSPS) is 13.4. The predicted molar refractivity (Wildman–Crippen MR) is 186 cm³/mol. The predicted octanol–water partition coefficient (Wildman–Crippen LogP) is 9.40. The number of halogens is 6. The molecule has 0 radical (unpaired) electrons. The van der Waals surface area contributed by atoms with E-state index in [-0.39, 0.29) is 12.0 Å². The van der Waals surface area contributed by atoms with Crippen molar-refractivity contribution in [3.05, 3.63) is 144 Å². The molecule has 0 saturated heterocycles. The molecule has 0 aliphatic heterocycles. The molecular formula is C40H30F6N4O2. The molecule has 1 aliphatic carbocycles. The number of benzene rings is 5. The number of hydrogen-bond donors (Lipinski definition) is 2. The van der Waals surface area contributed by atoms with Crippen molar-refractivity contribution in [2.75, 3.05) is 11.9 Å². The molecule has 1 aliphatic rings. The van der Waals surface area contributed by atoms with Crippen molar-refractivity contribution in [3.8, 4) is 22.3 Å². The Bertz CT molecular complexity index is 2250. The summed E-state index contributed by atoms with van der Waals surface area (Å²) >= 11 is 0. The summed E-state index contributed by atoms with van der Waals surface area (Å²) in [7, 11) is 0. The van der Waals surface area contributed by atoms with Gasteiger partial charge in [-0.2, -0.15) is 26.3 Å². The van der Waals surface area contributed by atoms with Crippen LogP contribution in [0.2, 0.25) is 0 Å². The molecule has 2 N–H and O–H groups in total. The van der Waals surface area contributed by atoms with Crippen molar-refractivity contribution < 1.29 is 35.9 Å². The van der Waals surface area contributed by atoms with E-state index < -0.39 is 41.7 Å². The average molecular weight is 713 g/mol. The van der Waals surface area contributed by atoms with Crippen LogP contribution in [0.15, 0.2) is 122 Å². The topological polar surface area (TPSA) is 76.0 Å². The number of hydrogen-bond acceptors (Lipinski definition) is 3. The van der Waals surface area contributed by atoms with E-state index in [2.05, 4.69) is 15.6 Å². The smallest absolute Gasteiger partial charge is 0.346 e. The molecule has 0 spiro atoms. The maximum Gasteiger partial charge on any atom is 0.416 e. The third-order valence-electron chi connectivity index (χ3n) is 9.43. The summed E-state index contributed by atoms with van der Waals surface area (Å²) in [4.78, 5) is 31.7. The molecule has 0 saturated carbocycles. The van der Waals surface area contributed by atoms with E-state index in [1.165, 1.54) is 12.1 Å². The van der Waals surface area contributed by atoms with Crippen molar-refractivity contribution in [3.63, 3.8) is 0 Å². The lowest BCUT2D eigenvalue weighted by Crippen LogP contribution is -2.47. The van der Waals surface area contributed by atoms with Crippen LogP contribution in [0.3, 0.4) is 0 Å². The van der Waals surface area contributed by atoms with Gasteiger partial charge in [-0.3, -0.25) is 9.59 Å². The number of rotatable bonds is 9. The van der Waals surface area contributed by atoms with Gasteiger partial charge in [0.2, 0.25) is 5.91 Å². The van der Waals surface area contributed by atoms with Gasteiger partial charge in [0.25, 0.3) is 5.91 Å². The number of alkyl halides is 6. The van der Waals surface area contributed by atoms with E-state index in [0.29, 0.717) is 46.4 Å². The molecule has 5 aromatic carbocycles. The quantitative estimate of drug-likeness (QED) is 0.147. The molecule has 1 heterocycles. The summed E-state index contributed by atoms with van der Waals surface area (Å²) in [6, 6.07) is 31.0. The number of carbonyl (C=O) groups excluding carboxylic acids is 2. The maximum atomic E-state index is 13.8. The van der Waals surface area contributed by atoms with Gasteiger partial charge in [0, 0.05) is 17.8 Å². The molecule has 12 heteroatoms. The van der Waals surface area contributed by atoms with E-state index in [4.69, 9.17) is 0 Å². The number of amides is 2. The molecule has 2 amide bonds. The Balaban J connectivity index is 1.10. The first-order chi connectivity index (χ1) is 24.8. The summed E-state index contributed by atoms with van der Waals surface area (Å²) in [6.07, 6.45) is -6.77. The van der Waals surface area contributed by atoms with Crippen LogP contribution < -0.4 is 10.6 Å². The minimum absolute atomic E-state index is 0.233. The number of carbonyl (C=O) groups is 2. The minimum Gasteiger partial charge on any atom is -0.346 e. The van der Waals surface area contributed by atoms with Gasteiger partial charge in [-0.15, -0.1) is 0 Å². The lowest BCUT2D eigenvalue weighted by Gasteiger charge is -2.31. The van der Waals surface area contributed by atoms with E-state index >= 15 is 0 Å². The van der Waals surface area contributed by atoms with Crippen LogP contribution in [0, 0.1) is 0 Å². The highest BCUT2D eigenvalue weighted by Gasteiger charge is 2.49. The Morgan fingerprint density at radius 1 is 0.731 bits per heavy atom. The fourth-order valence-electron chi connectivity index (χ4n) is 7.09. The Labute approximate surface area is 294 Å². The lowest BCUT2D eigenvalue weighted by molar-refractivity contribution is -0.141. The van der Waals surface area contributed by atoms with Crippen LogP contribution >= 0.6 is 0 Å². The number of imidazole rings is 1. The SMILES string of the molecule is O=C(Nc1ccc2c(c1)ncn2CCCC1(C(=O)NCC(F)(F)F)c2ccccc2-c2ccccc21)c1ccccc1-c1ccc(C(F)(F)F)cc1. The fourth-order valence-corrected chi connectivity index (χ4v) is 7.09. The van der Waals surface area contributed by atoms with Crippen molar-refractivity contribution in [1.29, 1.82) is 0 Å². The van der Waals surface area contributed by atoms with Gasteiger partial charge in [-0.05, 0) is 82.6 Å². The summed E-state index contributed by atoms with van der Waals surface area (Å²) in [5.74, 6) is -1.17. The van der Waals surface area contributed by atoms with Crippen molar-refractivity contribution in [2.45, 2.75) is 37.2 Å². The van der Waals surface area contributed by atoms with Crippen LogP contribution in [0.5, 0.6) is 0 Å². The number of fused-ring (bicyclic) bond motifs is 4. The molecule has 0 bridgehead atoms. The first-order valence-corrected chi connectivity index (χ1v) is 16.4. The third kappa shape index (κ3) is 6.52. The highest BCUT2D eigenvalue weighted by atomic mass is 19.4. The zero-order valence-corrected chi connectivity index (χ0v) is 27.4. The summed E-state index contributed by atoms with van der Waals surface area (Å²) < 4.78 is 80.9. The van der Waals surface area contributed by atoms with E-state index in [0.717, 1.165) is 28.8 Å². The highest BCUT2D eigenvalue weighted by molar-refractivity contribution is 6.09. The number of nitrogens with zero attached hydrogens (tertiary/aromatic N) is 2. The molecule has 7 rings (SSSR count). The van der Waals surface area contributed by atoms with Gasteiger partial charge in [0.15, 0.2) is 0 Å². The molecule has 6 nitrogen and oxygen atoms in total. The van der Waals surface area contributed by atoms with Crippen LogP contribution in [0.1, 0.15) is 39.9 Å². The van der Waals surface area contributed by atoms with Crippen LogP contribution in [-0.2, 0) is 22.9 Å². The first-order valence-electron chi connectivity index (χ1n) is 16.4. The van der Waals surface area contributed by atoms with Crippen molar-refractivity contribution >= 4 is 28.5 Å². The molecule has 264 valence electrons. The molecule has 6 aromatic rings. The zero-order chi connectivity index (χ0) is 36.7. The van der Waals surface area contributed by atoms with Crippen LogP contribution in [-0.4, -0.2) is 34.1 Å². The molecule has 0 unspecified atom stereocenters. The van der Waals surface area contributed by atoms with E-state index in [1.54, 1.807) is 73.1 Å². The zero-order valence-electron chi connectivity index (χ0n) is 27.4. The Morgan fingerprint density at radius 3 is 1.98 bits per heavy atom. The van der Waals surface area contributed by atoms with Crippen molar-refractivity contribution in [1.82, 2.24) is 14.9 Å². The molecular weight excluding hydrogens is 682 g/mol. The second-order valence-corrected chi connectivity index (χ2v) is 12.6. The summed E-state index contributed by atoms with van der Waals surface area (Å²) in [5.41, 5.74) is 3.78. The second-order valence-electron chi connectivity index (χ2n) is 12.6. The monoisotopic (exact) mass is 712 g/mol. The van der Waals surface area contributed by atoms with Gasteiger partial charge in [0.05, 0.1) is 22.9 Å². The standard InChI is InChI=1S/C40H30F6N4O2/c41-39(42,43)23-47-37(52)38(32-12-5-3-9-29(32)30-10-4-6-13-33(30)38)20-7-21-50-24-48-34-22-27(18-19-35(34)50)49-36(51)31-11-2-1-8-28(31)25-14-16-26(17-15-25)40(44,45)46/h1-6,8-19,22,24H,7,20-21,23H2,(H,47,52)(H,49,51). The Kier molecular flexibility index (Phi) is 8.85. The van der Waals surface area contributed by atoms with Crippen LogP contribution in [0.25, 0.3) is 33.3 Å². The molecule has 0 atom stereocenters. The number of aromatic nitrogens is 2. The fraction of sp³-hybridized carbons (Fsp3) is 0.175. The second kappa shape index (κ2) is 13.3.